The van der Waals surface area contributed by atoms with Gasteiger partial charge < -0.3 is 4.98 Å². The zero-order valence-electron chi connectivity index (χ0n) is 16.4. The maximum Gasteiger partial charge on any atom is 0.416 e. The Morgan fingerprint density at radius 1 is 1.00 bits per heavy atom. The number of aromatic amines is 1. The van der Waals surface area contributed by atoms with Crippen molar-refractivity contribution in [3.05, 3.63) is 81.0 Å². The third kappa shape index (κ3) is 4.52. The maximum atomic E-state index is 13.2. The van der Waals surface area contributed by atoms with Crippen LogP contribution in [0.2, 0.25) is 0 Å². The average molecular weight is 454 g/mol. The van der Waals surface area contributed by atoms with Crippen molar-refractivity contribution < 1.29 is 26.3 Å². The predicted octanol–water partition coefficient (Wildman–Crippen LogP) is 4.43. The fourth-order valence-corrected chi connectivity index (χ4v) is 3.64. The monoisotopic (exact) mass is 454 g/mol. The van der Waals surface area contributed by atoms with Crippen LogP contribution in [0.1, 0.15) is 27.9 Å². The number of pyridine rings is 1. The lowest BCUT2D eigenvalue weighted by Gasteiger charge is -2.28. The molecule has 0 radical (unpaired) electrons. The number of hydrogen-bond donors (Lipinski definition) is 1. The summed E-state index contributed by atoms with van der Waals surface area (Å²) in [6.45, 7) is 0.418. The van der Waals surface area contributed by atoms with Gasteiger partial charge in [0.05, 0.1) is 22.4 Å². The van der Waals surface area contributed by atoms with Crippen molar-refractivity contribution in [3.63, 3.8) is 0 Å². The van der Waals surface area contributed by atoms with Crippen LogP contribution in [-0.2, 0) is 31.9 Å². The number of rotatable bonds is 3. The van der Waals surface area contributed by atoms with E-state index in [-0.39, 0.29) is 24.5 Å². The lowest BCUT2D eigenvalue weighted by molar-refractivity contribution is -0.139. The quantitative estimate of drug-likeness (QED) is 0.595. The molecule has 0 bridgehead atoms. The lowest BCUT2D eigenvalue weighted by Crippen LogP contribution is -2.36. The van der Waals surface area contributed by atoms with E-state index in [0.29, 0.717) is 29.8 Å². The SMILES string of the molecule is O=c1[nH]c(-c2ccc(C(F)(F)F)cc2)nc2c1CN(Cc1cnccc1C(F)(F)F)CC2. The maximum absolute atomic E-state index is 13.2. The van der Waals surface area contributed by atoms with Gasteiger partial charge in [0, 0.05) is 44.0 Å². The molecule has 0 saturated carbocycles. The van der Waals surface area contributed by atoms with Gasteiger partial charge in [-0.1, -0.05) is 12.1 Å². The van der Waals surface area contributed by atoms with E-state index in [1.54, 1.807) is 4.90 Å². The summed E-state index contributed by atoms with van der Waals surface area (Å²) in [7, 11) is 0. The summed E-state index contributed by atoms with van der Waals surface area (Å²) in [5, 5.41) is 0. The predicted molar refractivity (Wildman–Crippen MR) is 102 cm³/mol. The largest absolute Gasteiger partial charge is 0.416 e. The highest BCUT2D eigenvalue weighted by atomic mass is 19.4. The van der Waals surface area contributed by atoms with Crippen LogP contribution in [0.5, 0.6) is 0 Å². The molecule has 0 aliphatic carbocycles. The Morgan fingerprint density at radius 2 is 1.72 bits per heavy atom. The van der Waals surface area contributed by atoms with E-state index in [2.05, 4.69) is 15.0 Å². The summed E-state index contributed by atoms with van der Waals surface area (Å²) in [5.41, 5.74) is -0.933. The molecular formula is C21H16F6N4O. The van der Waals surface area contributed by atoms with Crippen LogP contribution in [-0.4, -0.2) is 26.4 Å². The Labute approximate surface area is 177 Å². The molecule has 5 nitrogen and oxygen atoms in total. The molecule has 4 rings (SSSR count). The first-order valence-corrected chi connectivity index (χ1v) is 9.54. The molecule has 1 aliphatic rings. The van der Waals surface area contributed by atoms with Crippen molar-refractivity contribution >= 4 is 0 Å². The van der Waals surface area contributed by atoms with Gasteiger partial charge in [0.2, 0.25) is 0 Å². The van der Waals surface area contributed by atoms with Gasteiger partial charge in [-0.05, 0) is 23.8 Å². The minimum Gasteiger partial charge on any atom is -0.306 e. The Morgan fingerprint density at radius 3 is 2.38 bits per heavy atom. The molecule has 0 fully saturated rings. The van der Waals surface area contributed by atoms with E-state index in [9.17, 15) is 31.1 Å². The van der Waals surface area contributed by atoms with Crippen LogP contribution in [0, 0.1) is 0 Å². The highest BCUT2D eigenvalue weighted by Crippen LogP contribution is 2.33. The number of nitrogens with one attached hydrogen (secondary N) is 1. The van der Waals surface area contributed by atoms with Crippen LogP contribution < -0.4 is 5.56 Å². The van der Waals surface area contributed by atoms with Crippen molar-refractivity contribution in [3.8, 4) is 11.4 Å². The average Bonchev–Trinajstić information content (AvgIpc) is 2.73. The van der Waals surface area contributed by atoms with Gasteiger partial charge in [-0.3, -0.25) is 14.7 Å². The number of fused-ring (bicyclic) bond motifs is 1. The molecule has 3 heterocycles. The smallest absolute Gasteiger partial charge is 0.306 e. The van der Waals surface area contributed by atoms with E-state index in [0.717, 1.165) is 30.6 Å². The Bertz CT molecular complexity index is 1180. The first-order valence-electron chi connectivity index (χ1n) is 9.54. The molecular weight excluding hydrogens is 438 g/mol. The van der Waals surface area contributed by atoms with Crippen molar-refractivity contribution in [2.75, 3.05) is 6.54 Å². The topological polar surface area (TPSA) is 61.9 Å². The van der Waals surface area contributed by atoms with Gasteiger partial charge in [0.1, 0.15) is 5.82 Å². The molecule has 1 N–H and O–H groups in total. The summed E-state index contributed by atoms with van der Waals surface area (Å²) in [6.07, 6.45) is -6.43. The Hall–Kier alpha value is -3.21. The zero-order valence-corrected chi connectivity index (χ0v) is 16.4. The number of aromatic nitrogens is 3. The summed E-state index contributed by atoms with van der Waals surface area (Å²) in [6, 6.07) is 5.18. The van der Waals surface area contributed by atoms with Crippen molar-refractivity contribution in [2.24, 2.45) is 0 Å². The van der Waals surface area contributed by atoms with Gasteiger partial charge >= 0.3 is 12.4 Å². The molecule has 32 heavy (non-hydrogen) atoms. The molecule has 0 amide bonds. The van der Waals surface area contributed by atoms with E-state index in [1.165, 1.54) is 12.1 Å². The van der Waals surface area contributed by atoms with E-state index in [4.69, 9.17) is 0 Å². The number of nitrogens with zero attached hydrogens (tertiary/aromatic N) is 3. The highest BCUT2D eigenvalue weighted by molar-refractivity contribution is 5.56. The zero-order chi connectivity index (χ0) is 23.1. The van der Waals surface area contributed by atoms with Crippen LogP contribution in [0.4, 0.5) is 26.3 Å². The first kappa shape index (κ1) is 22.0. The lowest BCUT2D eigenvalue weighted by atomic mass is 10.0. The molecule has 2 aromatic heterocycles. The summed E-state index contributed by atoms with van der Waals surface area (Å²) in [5.74, 6) is 0.141. The summed E-state index contributed by atoms with van der Waals surface area (Å²) >= 11 is 0. The molecule has 0 atom stereocenters. The Kier molecular flexibility index (Phi) is 5.53. The molecule has 0 unspecified atom stereocenters. The number of halogens is 6. The van der Waals surface area contributed by atoms with Gasteiger partial charge in [-0.2, -0.15) is 26.3 Å². The fraction of sp³-hybridized carbons (Fsp3) is 0.286. The number of H-pyrrole nitrogens is 1. The summed E-state index contributed by atoms with van der Waals surface area (Å²) in [4.78, 5) is 25.0. The van der Waals surface area contributed by atoms with Gasteiger partial charge in [-0.25, -0.2) is 4.98 Å². The molecule has 1 aromatic carbocycles. The van der Waals surface area contributed by atoms with E-state index < -0.39 is 29.0 Å². The fourth-order valence-electron chi connectivity index (χ4n) is 3.64. The number of hydrogen-bond acceptors (Lipinski definition) is 4. The number of benzene rings is 1. The van der Waals surface area contributed by atoms with Gasteiger partial charge in [-0.15, -0.1) is 0 Å². The van der Waals surface area contributed by atoms with Crippen LogP contribution in [0.25, 0.3) is 11.4 Å². The standard InChI is InChI=1S/C21H16F6N4O/c22-20(23,24)14-3-1-12(2-4-14)18-29-17-6-8-31(11-15(17)19(32)30-18)10-13-9-28-7-5-16(13)21(25,26)27/h1-5,7,9H,6,8,10-11H2,(H,29,30,32). The third-order valence-electron chi connectivity index (χ3n) is 5.24. The van der Waals surface area contributed by atoms with Crippen LogP contribution in [0.3, 0.4) is 0 Å². The van der Waals surface area contributed by atoms with E-state index in [1.807, 2.05) is 0 Å². The Balaban J connectivity index is 1.57. The van der Waals surface area contributed by atoms with Crippen molar-refractivity contribution in [2.45, 2.75) is 31.9 Å². The second-order valence-corrected chi connectivity index (χ2v) is 7.41. The first-order chi connectivity index (χ1) is 15.0. The molecule has 11 heteroatoms. The van der Waals surface area contributed by atoms with Crippen molar-refractivity contribution in [1.29, 1.82) is 0 Å². The second kappa shape index (κ2) is 8.05. The van der Waals surface area contributed by atoms with Gasteiger partial charge in [0.15, 0.2) is 0 Å². The molecule has 0 spiro atoms. The molecule has 1 aliphatic heterocycles. The normalized spacial score (nSPS) is 14.9. The molecule has 168 valence electrons. The minimum atomic E-state index is -4.51. The highest BCUT2D eigenvalue weighted by Gasteiger charge is 2.34. The summed E-state index contributed by atoms with van der Waals surface area (Å²) < 4.78 is 77.9. The molecule has 3 aromatic rings. The van der Waals surface area contributed by atoms with Crippen molar-refractivity contribution in [1.82, 2.24) is 19.9 Å². The van der Waals surface area contributed by atoms with Crippen LogP contribution >= 0.6 is 0 Å². The second-order valence-electron chi connectivity index (χ2n) is 7.41. The van der Waals surface area contributed by atoms with Crippen LogP contribution in [0.15, 0.2) is 47.5 Å². The van der Waals surface area contributed by atoms with E-state index >= 15 is 0 Å². The number of alkyl halides is 6. The third-order valence-corrected chi connectivity index (χ3v) is 5.24. The van der Waals surface area contributed by atoms with Gasteiger partial charge in [0.25, 0.3) is 5.56 Å². The molecule has 0 saturated heterocycles. The minimum absolute atomic E-state index is 0.00853.